The topological polar surface area (TPSA) is 17.1 Å². The van der Waals surface area contributed by atoms with Crippen LogP contribution in [0.25, 0.3) is 0 Å². The van der Waals surface area contributed by atoms with Crippen LogP contribution in [0.15, 0.2) is 23.1 Å². The van der Waals surface area contributed by atoms with Gasteiger partial charge in [-0.2, -0.15) is 13.2 Å². The number of carbonyl (C=O) groups is 1. The van der Waals surface area contributed by atoms with Crippen LogP contribution in [0, 0.1) is 0 Å². The van der Waals surface area contributed by atoms with Gasteiger partial charge in [-0.05, 0) is 23.4 Å². The summed E-state index contributed by atoms with van der Waals surface area (Å²) in [4.78, 5) is 10.9. The Morgan fingerprint density at radius 2 is 1.95 bits per heavy atom. The van der Waals surface area contributed by atoms with Gasteiger partial charge in [-0.15, -0.1) is 0 Å². The minimum atomic E-state index is -4.59. The second-order valence-corrected chi connectivity index (χ2v) is 5.23. The van der Waals surface area contributed by atoms with Gasteiger partial charge in [0.15, 0.2) is 0 Å². The van der Waals surface area contributed by atoms with Crippen LogP contribution in [0.3, 0.4) is 0 Å². The van der Waals surface area contributed by atoms with E-state index in [1.807, 2.05) is 0 Å². The first-order valence-corrected chi connectivity index (χ1v) is 6.91. The minimum Gasteiger partial charge on any atom is -0.298 e. The number of alkyl halides is 6. The third kappa shape index (κ3) is 5.48. The molecule has 0 amide bonds. The first kappa shape index (κ1) is 16.4. The van der Waals surface area contributed by atoms with Crippen molar-refractivity contribution in [2.75, 3.05) is 5.33 Å². The Bertz CT molecular complexity index is 461. The monoisotopic (exact) mass is 362 g/mol. The van der Waals surface area contributed by atoms with Crippen LogP contribution in [-0.2, 0) is 11.2 Å². The predicted octanol–water partition coefficient (Wildman–Crippen LogP) is 4.74. The maximum absolute atomic E-state index is 12.5. The molecule has 0 aromatic heterocycles. The fourth-order valence-electron chi connectivity index (χ4n) is 1.33. The molecule has 0 N–H and O–H groups in total. The quantitative estimate of drug-likeness (QED) is 0.427. The molecule has 1 aromatic rings. The number of hydrogen-bond donors (Lipinski definition) is 0. The number of Topliss-reactive ketones (excluding diaryl/α,β-unsaturated/α-hetero) is 1. The first-order valence-electron chi connectivity index (χ1n) is 4.97. The van der Waals surface area contributed by atoms with E-state index in [4.69, 9.17) is 0 Å². The highest BCUT2D eigenvalue weighted by molar-refractivity contribution is 9.09. The van der Waals surface area contributed by atoms with Crippen LogP contribution in [0.4, 0.5) is 22.0 Å². The van der Waals surface area contributed by atoms with E-state index in [2.05, 4.69) is 15.9 Å². The molecule has 106 valence electrons. The predicted molar refractivity (Wildman–Crippen MR) is 65.8 cm³/mol. The Labute approximate surface area is 118 Å². The average molecular weight is 363 g/mol. The average Bonchev–Trinajstić information content (AvgIpc) is 2.29. The Morgan fingerprint density at radius 3 is 2.42 bits per heavy atom. The van der Waals surface area contributed by atoms with E-state index in [1.54, 1.807) is 0 Å². The molecule has 0 radical (unpaired) electrons. The van der Waals surface area contributed by atoms with Gasteiger partial charge in [0.2, 0.25) is 0 Å². The zero-order valence-corrected chi connectivity index (χ0v) is 11.7. The van der Waals surface area contributed by atoms with Gasteiger partial charge in [-0.25, -0.2) is 8.78 Å². The van der Waals surface area contributed by atoms with Crippen molar-refractivity contribution in [3.8, 4) is 0 Å². The standard InChI is InChI=1S/C11H8BrF5OS/c12-5-8(18)3-6-1-2-7(10(13)14)4-9(6)19-11(15,16)17/h1-2,4,10H,3,5H2. The van der Waals surface area contributed by atoms with Crippen LogP contribution in [0.1, 0.15) is 17.6 Å². The highest BCUT2D eigenvalue weighted by atomic mass is 79.9. The number of thioether (sulfide) groups is 1. The second kappa shape index (κ2) is 6.69. The summed E-state index contributed by atoms with van der Waals surface area (Å²) < 4.78 is 62.0. The largest absolute Gasteiger partial charge is 0.446 e. The normalized spacial score (nSPS) is 11.9. The molecule has 0 unspecified atom stereocenters. The Hall–Kier alpha value is -0.630. The minimum absolute atomic E-state index is 0.000275. The molecule has 0 fully saturated rings. The Morgan fingerprint density at radius 1 is 1.32 bits per heavy atom. The fraction of sp³-hybridized carbons (Fsp3) is 0.364. The highest BCUT2D eigenvalue weighted by Crippen LogP contribution is 2.40. The molecule has 0 saturated carbocycles. The van der Waals surface area contributed by atoms with E-state index in [1.165, 1.54) is 0 Å². The lowest BCUT2D eigenvalue weighted by atomic mass is 10.1. The van der Waals surface area contributed by atoms with Crippen molar-refractivity contribution in [1.82, 2.24) is 0 Å². The van der Waals surface area contributed by atoms with Crippen molar-refractivity contribution in [1.29, 1.82) is 0 Å². The summed E-state index contributed by atoms with van der Waals surface area (Å²) >= 11 is 2.41. The van der Waals surface area contributed by atoms with E-state index in [-0.39, 0.29) is 28.0 Å². The van der Waals surface area contributed by atoms with Crippen LogP contribution in [-0.4, -0.2) is 16.6 Å². The fourth-order valence-corrected chi connectivity index (χ4v) is 2.25. The van der Waals surface area contributed by atoms with Crippen LogP contribution in [0.2, 0.25) is 0 Å². The molecule has 0 heterocycles. The van der Waals surface area contributed by atoms with Gasteiger partial charge in [0.25, 0.3) is 6.43 Å². The van der Waals surface area contributed by atoms with Gasteiger partial charge in [0.1, 0.15) is 5.78 Å². The molecule has 0 spiro atoms. The summed E-state index contributed by atoms with van der Waals surface area (Å²) in [5.41, 5.74) is -4.99. The maximum atomic E-state index is 12.5. The zero-order chi connectivity index (χ0) is 14.6. The van der Waals surface area contributed by atoms with Crippen LogP contribution >= 0.6 is 27.7 Å². The van der Waals surface area contributed by atoms with Crippen LogP contribution in [0.5, 0.6) is 0 Å². The maximum Gasteiger partial charge on any atom is 0.446 e. The molecule has 0 atom stereocenters. The molecular weight excluding hydrogens is 355 g/mol. The van der Waals surface area contributed by atoms with Gasteiger partial charge < -0.3 is 0 Å². The molecule has 1 rings (SSSR count). The molecule has 19 heavy (non-hydrogen) atoms. The van der Waals surface area contributed by atoms with E-state index >= 15 is 0 Å². The lowest BCUT2D eigenvalue weighted by Crippen LogP contribution is -2.07. The summed E-state index contributed by atoms with van der Waals surface area (Å²) in [7, 11) is 0. The Balaban J connectivity index is 3.11. The van der Waals surface area contributed by atoms with Crippen molar-refractivity contribution in [3.63, 3.8) is 0 Å². The summed E-state index contributed by atoms with van der Waals surface area (Å²) in [6, 6.07) is 2.94. The van der Waals surface area contributed by atoms with Crippen molar-refractivity contribution in [2.45, 2.75) is 23.3 Å². The SMILES string of the molecule is O=C(CBr)Cc1ccc(C(F)F)cc1SC(F)(F)F. The number of carbonyl (C=O) groups excluding carboxylic acids is 1. The Kier molecular flexibility index (Phi) is 5.79. The van der Waals surface area contributed by atoms with E-state index < -0.39 is 29.3 Å². The van der Waals surface area contributed by atoms with Crippen molar-refractivity contribution in [2.24, 2.45) is 0 Å². The number of rotatable bonds is 5. The van der Waals surface area contributed by atoms with Crippen molar-refractivity contribution >= 4 is 33.5 Å². The van der Waals surface area contributed by atoms with Gasteiger partial charge in [-0.3, -0.25) is 4.79 Å². The van der Waals surface area contributed by atoms with Crippen molar-refractivity contribution < 1.29 is 26.7 Å². The molecule has 0 bridgehead atoms. The summed E-state index contributed by atoms with van der Waals surface area (Å²) in [6.07, 6.45) is -3.08. The molecule has 1 nitrogen and oxygen atoms in total. The molecule has 0 aliphatic carbocycles. The molecule has 0 aliphatic rings. The lowest BCUT2D eigenvalue weighted by molar-refractivity contribution is -0.115. The number of hydrogen-bond acceptors (Lipinski definition) is 2. The number of benzene rings is 1. The molecule has 8 heteroatoms. The zero-order valence-electron chi connectivity index (χ0n) is 9.31. The molecular formula is C11H8BrF5OS. The third-order valence-electron chi connectivity index (χ3n) is 2.11. The smallest absolute Gasteiger partial charge is 0.298 e. The number of halogens is 6. The first-order chi connectivity index (χ1) is 8.73. The summed E-state index contributed by atoms with van der Waals surface area (Å²) in [6.45, 7) is 0. The van der Waals surface area contributed by atoms with E-state index in [0.717, 1.165) is 18.2 Å². The summed E-state index contributed by atoms with van der Waals surface area (Å²) in [5, 5.41) is -0.000275. The second-order valence-electron chi connectivity index (χ2n) is 3.56. The number of ketones is 1. The summed E-state index contributed by atoms with van der Waals surface area (Å²) in [5.74, 6) is -0.325. The van der Waals surface area contributed by atoms with Gasteiger partial charge >= 0.3 is 5.51 Å². The van der Waals surface area contributed by atoms with Crippen LogP contribution < -0.4 is 0 Å². The molecule has 0 saturated heterocycles. The van der Waals surface area contributed by atoms with E-state index in [0.29, 0.717) is 0 Å². The molecule has 0 aliphatic heterocycles. The molecule has 1 aromatic carbocycles. The van der Waals surface area contributed by atoms with Gasteiger partial charge in [0, 0.05) is 16.9 Å². The lowest BCUT2D eigenvalue weighted by Gasteiger charge is -2.12. The van der Waals surface area contributed by atoms with Crippen molar-refractivity contribution in [3.05, 3.63) is 29.3 Å². The van der Waals surface area contributed by atoms with Gasteiger partial charge in [-0.1, -0.05) is 28.1 Å². The van der Waals surface area contributed by atoms with E-state index in [9.17, 15) is 26.7 Å². The van der Waals surface area contributed by atoms with Gasteiger partial charge in [0.05, 0.1) is 5.33 Å². The highest BCUT2D eigenvalue weighted by Gasteiger charge is 2.31. The third-order valence-corrected chi connectivity index (χ3v) is 3.56.